The minimum atomic E-state index is -3.74. The molecule has 7 nitrogen and oxygen atoms in total. The lowest BCUT2D eigenvalue weighted by atomic mass is 9.87. The van der Waals surface area contributed by atoms with Gasteiger partial charge < -0.3 is 10.6 Å². The molecule has 36 heavy (non-hydrogen) atoms. The highest BCUT2D eigenvalue weighted by Crippen LogP contribution is 2.26. The first-order valence-electron chi connectivity index (χ1n) is 11.3. The highest BCUT2D eigenvalue weighted by Gasteiger charge is 2.23. The van der Waals surface area contributed by atoms with Crippen molar-refractivity contribution in [3.8, 4) is 0 Å². The average Bonchev–Trinajstić information content (AvgIpc) is 2.77. The summed E-state index contributed by atoms with van der Waals surface area (Å²) in [6.07, 6.45) is 1.04. The first-order valence-corrected chi connectivity index (χ1v) is 13.5. The van der Waals surface area contributed by atoms with Crippen molar-refractivity contribution in [3.05, 3.63) is 88.4 Å². The van der Waals surface area contributed by atoms with Gasteiger partial charge in [0, 0.05) is 22.0 Å². The molecule has 190 valence electrons. The number of amides is 2. The summed E-state index contributed by atoms with van der Waals surface area (Å²) in [5.41, 5.74) is 3.53. The maximum Gasteiger partial charge on any atom is 0.255 e. The Morgan fingerprint density at radius 1 is 0.917 bits per heavy atom. The predicted molar refractivity (Wildman–Crippen MR) is 147 cm³/mol. The van der Waals surface area contributed by atoms with Crippen LogP contribution in [0.15, 0.2) is 66.7 Å². The van der Waals surface area contributed by atoms with E-state index >= 15 is 0 Å². The fourth-order valence-corrected chi connectivity index (χ4v) is 4.75. The van der Waals surface area contributed by atoms with E-state index in [1.165, 1.54) is 0 Å². The molecule has 0 bridgehead atoms. The van der Waals surface area contributed by atoms with Gasteiger partial charge in [0.25, 0.3) is 5.91 Å². The van der Waals surface area contributed by atoms with Gasteiger partial charge in [0.2, 0.25) is 15.9 Å². The van der Waals surface area contributed by atoms with Gasteiger partial charge in [0.1, 0.15) is 6.54 Å². The second-order valence-corrected chi connectivity index (χ2v) is 12.0. The molecule has 0 unspecified atom stereocenters. The van der Waals surface area contributed by atoms with Crippen LogP contribution in [0.3, 0.4) is 0 Å². The molecule has 0 atom stereocenters. The number of sulfonamides is 1. The van der Waals surface area contributed by atoms with E-state index in [-0.39, 0.29) is 11.3 Å². The zero-order chi connectivity index (χ0) is 26.7. The molecule has 2 amide bonds. The van der Waals surface area contributed by atoms with Gasteiger partial charge in [-0.15, -0.1) is 0 Å². The number of benzene rings is 3. The van der Waals surface area contributed by atoms with Gasteiger partial charge in [0.15, 0.2) is 0 Å². The third-order valence-electron chi connectivity index (χ3n) is 5.53. The van der Waals surface area contributed by atoms with Gasteiger partial charge in [-0.1, -0.05) is 50.6 Å². The Hall–Kier alpha value is -3.36. The summed E-state index contributed by atoms with van der Waals surface area (Å²) in [4.78, 5) is 25.5. The molecule has 0 aliphatic carbocycles. The van der Waals surface area contributed by atoms with E-state index in [1.54, 1.807) is 61.5 Å². The van der Waals surface area contributed by atoms with Gasteiger partial charge in [0.05, 0.1) is 11.9 Å². The van der Waals surface area contributed by atoms with Gasteiger partial charge in [-0.2, -0.15) is 0 Å². The topological polar surface area (TPSA) is 95.6 Å². The lowest BCUT2D eigenvalue weighted by Crippen LogP contribution is -2.37. The summed E-state index contributed by atoms with van der Waals surface area (Å²) >= 11 is 5.99. The van der Waals surface area contributed by atoms with E-state index in [9.17, 15) is 18.0 Å². The normalized spacial score (nSPS) is 11.6. The number of carbonyl (C=O) groups excluding carboxylic acids is 2. The van der Waals surface area contributed by atoms with E-state index < -0.39 is 22.5 Å². The maximum absolute atomic E-state index is 12.8. The van der Waals surface area contributed by atoms with Crippen LogP contribution in [0.4, 0.5) is 17.1 Å². The quantitative estimate of drug-likeness (QED) is 0.418. The van der Waals surface area contributed by atoms with Crippen LogP contribution < -0.4 is 14.9 Å². The van der Waals surface area contributed by atoms with Crippen LogP contribution in [0.5, 0.6) is 0 Å². The molecule has 0 aliphatic rings. The number of nitrogens with zero attached hydrogens (tertiary/aromatic N) is 1. The lowest BCUT2D eigenvalue weighted by Gasteiger charge is -2.23. The molecule has 0 aromatic heterocycles. The SMILES string of the molecule is Cc1cc(Cl)ccc1N(CC(=O)Nc1cccc(NC(=O)c2ccc(C(C)(C)C)cc2)c1)S(C)(=O)=O. The standard InChI is InChI=1S/C27H30ClN3O4S/c1-18-15-21(28)13-14-24(18)31(36(5,34)35)17-25(32)29-22-7-6-8-23(16-22)30-26(33)19-9-11-20(12-10-19)27(2,3)4/h6-16H,17H2,1-5H3,(H,29,32)(H,30,33). The smallest absolute Gasteiger partial charge is 0.255 e. The Kier molecular flexibility index (Phi) is 8.11. The maximum atomic E-state index is 12.8. The number of hydrogen-bond acceptors (Lipinski definition) is 4. The largest absolute Gasteiger partial charge is 0.324 e. The van der Waals surface area contributed by atoms with Crippen LogP contribution in [0.25, 0.3) is 0 Å². The first kappa shape index (κ1) is 27.2. The summed E-state index contributed by atoms with van der Waals surface area (Å²) in [6.45, 7) is 7.62. The molecule has 0 radical (unpaired) electrons. The summed E-state index contributed by atoms with van der Waals surface area (Å²) < 4.78 is 25.8. The minimum Gasteiger partial charge on any atom is -0.324 e. The van der Waals surface area contributed by atoms with Crippen LogP contribution >= 0.6 is 11.6 Å². The molecule has 0 fully saturated rings. The highest BCUT2D eigenvalue weighted by atomic mass is 35.5. The molecule has 0 heterocycles. The first-order chi connectivity index (χ1) is 16.7. The molecule has 0 saturated heterocycles. The van der Waals surface area contributed by atoms with Crippen molar-refractivity contribution in [2.24, 2.45) is 0 Å². The molecular weight excluding hydrogens is 498 g/mol. The monoisotopic (exact) mass is 527 g/mol. The van der Waals surface area contributed by atoms with Crippen molar-refractivity contribution in [2.45, 2.75) is 33.1 Å². The molecule has 3 rings (SSSR count). The van der Waals surface area contributed by atoms with Gasteiger partial charge >= 0.3 is 0 Å². The Morgan fingerprint density at radius 2 is 1.53 bits per heavy atom. The van der Waals surface area contributed by atoms with Crippen LogP contribution in [0.1, 0.15) is 42.3 Å². The van der Waals surface area contributed by atoms with Crippen LogP contribution in [0.2, 0.25) is 5.02 Å². The number of halogens is 1. The fourth-order valence-electron chi connectivity index (χ4n) is 3.61. The van der Waals surface area contributed by atoms with E-state index in [1.807, 2.05) is 12.1 Å². The number of aryl methyl sites for hydroxylation is 1. The molecular formula is C27H30ClN3O4S. The van der Waals surface area contributed by atoms with Crippen molar-refractivity contribution in [3.63, 3.8) is 0 Å². The number of anilines is 3. The van der Waals surface area contributed by atoms with Gasteiger partial charge in [-0.3, -0.25) is 13.9 Å². The van der Waals surface area contributed by atoms with Crippen LogP contribution in [0, 0.1) is 6.92 Å². The molecule has 3 aromatic rings. The molecule has 0 saturated carbocycles. The van der Waals surface area contributed by atoms with Crippen LogP contribution in [-0.4, -0.2) is 33.0 Å². The second-order valence-electron chi connectivity index (χ2n) is 9.61. The average molecular weight is 528 g/mol. The Balaban J connectivity index is 1.71. The van der Waals surface area contributed by atoms with E-state index in [0.717, 1.165) is 16.1 Å². The van der Waals surface area contributed by atoms with Crippen molar-refractivity contribution >= 4 is 50.5 Å². The summed E-state index contributed by atoms with van der Waals surface area (Å²) in [7, 11) is -3.74. The molecule has 0 aliphatic heterocycles. The number of rotatable bonds is 7. The Labute approximate surface area is 217 Å². The van der Waals surface area contributed by atoms with E-state index in [2.05, 4.69) is 31.4 Å². The van der Waals surface area contributed by atoms with Crippen molar-refractivity contribution in [1.29, 1.82) is 0 Å². The molecule has 3 aromatic carbocycles. The zero-order valence-electron chi connectivity index (χ0n) is 20.9. The van der Waals surface area contributed by atoms with E-state index in [4.69, 9.17) is 11.6 Å². The summed E-state index contributed by atoms with van der Waals surface area (Å²) in [6, 6.07) is 18.8. The lowest BCUT2D eigenvalue weighted by molar-refractivity contribution is -0.114. The third kappa shape index (κ3) is 7.08. The van der Waals surface area contributed by atoms with Gasteiger partial charge in [-0.05, 0) is 72.0 Å². The van der Waals surface area contributed by atoms with Crippen molar-refractivity contribution in [1.82, 2.24) is 0 Å². The fraction of sp³-hybridized carbons (Fsp3) is 0.259. The number of hydrogen-bond donors (Lipinski definition) is 2. The van der Waals surface area contributed by atoms with Crippen molar-refractivity contribution in [2.75, 3.05) is 27.7 Å². The highest BCUT2D eigenvalue weighted by molar-refractivity contribution is 7.92. The molecule has 9 heteroatoms. The Bertz CT molecular complexity index is 1380. The zero-order valence-corrected chi connectivity index (χ0v) is 22.5. The van der Waals surface area contributed by atoms with Crippen LogP contribution in [-0.2, 0) is 20.2 Å². The molecule has 0 spiro atoms. The van der Waals surface area contributed by atoms with Gasteiger partial charge in [-0.25, -0.2) is 8.42 Å². The third-order valence-corrected chi connectivity index (χ3v) is 6.89. The summed E-state index contributed by atoms with van der Waals surface area (Å²) in [5, 5.41) is 6.00. The van der Waals surface area contributed by atoms with E-state index in [0.29, 0.717) is 33.2 Å². The number of carbonyl (C=O) groups is 2. The Morgan fingerprint density at radius 3 is 2.08 bits per heavy atom. The predicted octanol–water partition coefficient (Wildman–Crippen LogP) is 5.60. The second kappa shape index (κ2) is 10.7. The molecule has 2 N–H and O–H groups in total. The number of nitrogens with one attached hydrogen (secondary N) is 2. The van der Waals surface area contributed by atoms with Crippen molar-refractivity contribution < 1.29 is 18.0 Å². The summed E-state index contributed by atoms with van der Waals surface area (Å²) in [5.74, 6) is -0.809. The minimum absolute atomic E-state index is 0.0134.